The number of nitriles is 1. The molecule has 2 N–H and O–H groups in total. The summed E-state index contributed by atoms with van der Waals surface area (Å²) in [5.41, 5.74) is 7.46. The quantitative estimate of drug-likeness (QED) is 0.249. The van der Waals surface area contributed by atoms with Gasteiger partial charge in [-0.1, -0.05) is 0 Å². The second-order valence-electron chi connectivity index (χ2n) is 10.7. The van der Waals surface area contributed by atoms with Crippen LogP contribution >= 0.6 is 0 Å². The van der Waals surface area contributed by atoms with Gasteiger partial charge in [0.25, 0.3) is 0 Å². The molecule has 3 atom stereocenters. The fourth-order valence-electron chi connectivity index (χ4n) is 6.35. The summed E-state index contributed by atoms with van der Waals surface area (Å²) in [6, 6.07) is 5.14. The first kappa shape index (κ1) is 25.5. The van der Waals surface area contributed by atoms with Crippen molar-refractivity contribution in [3.63, 3.8) is 0 Å². The highest BCUT2D eigenvalue weighted by Gasteiger charge is 2.47. The molecule has 2 aliphatic carbocycles. The maximum Gasteiger partial charge on any atom is 0.181 e. The number of methoxy groups -OCH3 is 1. The van der Waals surface area contributed by atoms with Gasteiger partial charge in [-0.2, -0.15) is 15.5 Å². The molecule has 1 saturated carbocycles. The van der Waals surface area contributed by atoms with Crippen molar-refractivity contribution in [2.24, 2.45) is 5.92 Å². The molecule has 12 heteroatoms. The van der Waals surface area contributed by atoms with Crippen LogP contribution in [0.1, 0.15) is 35.9 Å². The van der Waals surface area contributed by atoms with Crippen LogP contribution < -0.4 is 14.8 Å². The molecule has 3 unspecified atom stereocenters. The Morgan fingerprint density at radius 2 is 2.15 bits per heavy atom. The van der Waals surface area contributed by atoms with E-state index in [1.807, 2.05) is 12.3 Å². The Bertz CT molecular complexity index is 1720. The molecule has 1 aliphatic heterocycles. The minimum absolute atomic E-state index is 0.355. The average molecular weight is 557 g/mol. The highest BCUT2D eigenvalue weighted by molar-refractivity contribution is 5.75. The van der Waals surface area contributed by atoms with E-state index < -0.39 is 11.9 Å². The molecular formula is C29H29FN8O3. The summed E-state index contributed by atoms with van der Waals surface area (Å²) in [4.78, 5) is 6.64. The second kappa shape index (κ2) is 9.87. The number of hydrogen-bond acceptors (Lipinski definition) is 9. The van der Waals surface area contributed by atoms with Crippen molar-refractivity contribution in [1.82, 2.24) is 34.6 Å². The SMILES string of the molecule is COc1cnn2cc(-c3nn4c(c3C)CN(C3CC5=C(NC#N)C5C3)CC4)cc(OC(CO)c3ccc(F)cn3)c12. The van der Waals surface area contributed by atoms with E-state index in [2.05, 4.69) is 38.1 Å². The van der Waals surface area contributed by atoms with E-state index in [1.54, 1.807) is 17.8 Å². The van der Waals surface area contributed by atoms with Gasteiger partial charge in [-0.05, 0) is 49.1 Å². The van der Waals surface area contributed by atoms with E-state index >= 15 is 0 Å². The lowest BCUT2D eigenvalue weighted by Crippen LogP contribution is -2.40. The Balaban J connectivity index is 1.20. The summed E-state index contributed by atoms with van der Waals surface area (Å²) in [7, 11) is 1.56. The number of aromatic nitrogens is 5. The van der Waals surface area contributed by atoms with E-state index in [-0.39, 0.29) is 6.61 Å². The zero-order valence-electron chi connectivity index (χ0n) is 22.7. The van der Waals surface area contributed by atoms with Crippen molar-refractivity contribution < 1.29 is 19.0 Å². The highest BCUT2D eigenvalue weighted by Crippen LogP contribution is 2.51. The molecule has 0 saturated heterocycles. The van der Waals surface area contributed by atoms with Crippen LogP contribution in [0, 0.1) is 30.1 Å². The van der Waals surface area contributed by atoms with Crippen molar-refractivity contribution >= 4 is 5.52 Å². The summed E-state index contributed by atoms with van der Waals surface area (Å²) >= 11 is 0. The highest BCUT2D eigenvalue weighted by atomic mass is 19.1. The standard InChI is InChI=1S/C29H29FN8O3/c1-16-23-13-36(19-8-20-21(9-19)28(20)33-15-31)5-6-37(23)35-27(16)17-7-24(29-25(40-2)11-34-38(29)12-17)41-26(14-39)22-4-3-18(30)10-32-22/h3-4,7,10-12,19-20,26,33,39H,5-6,8-9,13-14H2,1-2H3. The molecule has 0 amide bonds. The number of halogens is 1. The Kier molecular flexibility index (Phi) is 6.13. The van der Waals surface area contributed by atoms with E-state index in [0.29, 0.717) is 34.7 Å². The molecule has 11 nitrogen and oxygen atoms in total. The first-order chi connectivity index (χ1) is 20.0. The van der Waals surface area contributed by atoms with Crippen LogP contribution in [0.5, 0.6) is 11.5 Å². The average Bonchev–Trinajstić information content (AvgIpc) is 3.36. The monoisotopic (exact) mass is 556 g/mol. The molecule has 41 heavy (non-hydrogen) atoms. The fourth-order valence-corrected chi connectivity index (χ4v) is 6.35. The second-order valence-corrected chi connectivity index (χ2v) is 10.7. The van der Waals surface area contributed by atoms with E-state index in [4.69, 9.17) is 19.8 Å². The number of hydrogen-bond donors (Lipinski definition) is 2. The molecule has 3 aliphatic rings. The Morgan fingerprint density at radius 1 is 1.27 bits per heavy atom. The normalized spacial score (nSPS) is 20.5. The van der Waals surface area contributed by atoms with Gasteiger partial charge < -0.3 is 14.6 Å². The predicted octanol–water partition coefficient (Wildman–Crippen LogP) is 3.09. The number of fused-ring (bicyclic) bond motifs is 3. The van der Waals surface area contributed by atoms with Gasteiger partial charge in [-0.3, -0.25) is 19.9 Å². The van der Waals surface area contributed by atoms with Crippen LogP contribution in [0.2, 0.25) is 0 Å². The van der Waals surface area contributed by atoms with E-state index in [9.17, 15) is 9.50 Å². The number of allylic oxidation sites excluding steroid dienone is 1. The first-order valence-electron chi connectivity index (χ1n) is 13.6. The van der Waals surface area contributed by atoms with E-state index in [0.717, 1.165) is 61.2 Å². The number of rotatable bonds is 8. The van der Waals surface area contributed by atoms with Crippen LogP contribution in [0.15, 0.2) is 48.1 Å². The molecule has 0 spiro atoms. The molecule has 5 heterocycles. The topological polar surface area (TPSA) is 126 Å². The number of pyridine rings is 2. The summed E-state index contributed by atoms with van der Waals surface area (Å²) in [5.74, 6) is 0.943. The van der Waals surface area contributed by atoms with Crippen LogP contribution in [0.3, 0.4) is 0 Å². The van der Waals surface area contributed by atoms with Crippen LogP contribution in [-0.2, 0) is 13.1 Å². The third-order valence-corrected chi connectivity index (χ3v) is 8.53. The minimum Gasteiger partial charge on any atom is -0.493 e. The van der Waals surface area contributed by atoms with Gasteiger partial charge in [-0.15, -0.1) is 0 Å². The molecule has 4 aromatic heterocycles. The van der Waals surface area contributed by atoms with Crippen molar-refractivity contribution in [2.75, 3.05) is 20.3 Å². The third kappa shape index (κ3) is 4.29. The van der Waals surface area contributed by atoms with Gasteiger partial charge >= 0.3 is 0 Å². The van der Waals surface area contributed by atoms with Crippen molar-refractivity contribution in [2.45, 2.75) is 45.0 Å². The zero-order valence-corrected chi connectivity index (χ0v) is 22.7. The first-order valence-corrected chi connectivity index (χ1v) is 13.6. The maximum absolute atomic E-state index is 13.5. The van der Waals surface area contributed by atoms with Gasteiger partial charge in [0.05, 0.1) is 49.7 Å². The zero-order chi connectivity index (χ0) is 28.2. The van der Waals surface area contributed by atoms with Crippen LogP contribution in [0.25, 0.3) is 16.8 Å². The Hall–Kier alpha value is -4.47. The smallest absolute Gasteiger partial charge is 0.181 e. The molecule has 0 aromatic carbocycles. The summed E-state index contributed by atoms with van der Waals surface area (Å²) in [5, 5.41) is 31.3. The molecule has 1 fully saturated rings. The third-order valence-electron chi connectivity index (χ3n) is 8.53. The number of aliphatic hydroxyl groups is 1. The number of nitrogens with zero attached hydrogens (tertiary/aromatic N) is 7. The van der Waals surface area contributed by atoms with Crippen molar-refractivity contribution in [3.8, 4) is 28.9 Å². The van der Waals surface area contributed by atoms with Gasteiger partial charge in [0.2, 0.25) is 0 Å². The molecular weight excluding hydrogens is 527 g/mol. The summed E-state index contributed by atoms with van der Waals surface area (Å²) in [6.07, 6.45) is 7.91. The molecule has 0 radical (unpaired) electrons. The molecule has 7 rings (SSSR count). The molecule has 4 aromatic rings. The van der Waals surface area contributed by atoms with Crippen LogP contribution in [0.4, 0.5) is 4.39 Å². The lowest BCUT2D eigenvalue weighted by molar-refractivity contribution is 0.114. The van der Waals surface area contributed by atoms with E-state index in [1.165, 1.54) is 23.4 Å². The number of aliphatic hydroxyl groups excluding tert-OH is 1. The molecule has 210 valence electrons. The Labute approximate surface area is 235 Å². The lowest BCUT2D eigenvalue weighted by atomic mass is 10.1. The minimum atomic E-state index is -0.823. The van der Waals surface area contributed by atoms with Gasteiger partial charge in [-0.25, -0.2) is 8.91 Å². The van der Waals surface area contributed by atoms with Crippen molar-refractivity contribution in [3.05, 3.63) is 70.8 Å². The largest absolute Gasteiger partial charge is 0.493 e. The number of ether oxygens (including phenoxy) is 2. The van der Waals surface area contributed by atoms with Crippen molar-refractivity contribution in [1.29, 1.82) is 5.26 Å². The number of nitrogens with one attached hydrogen (secondary N) is 1. The maximum atomic E-state index is 13.5. The fraction of sp³-hybridized carbons (Fsp3) is 0.379. The summed E-state index contributed by atoms with van der Waals surface area (Å²) < 4.78 is 29.1. The summed E-state index contributed by atoms with van der Waals surface area (Å²) in [6.45, 7) is 4.27. The van der Waals surface area contributed by atoms with Gasteiger partial charge in [0, 0.05) is 42.5 Å². The molecule has 0 bridgehead atoms. The van der Waals surface area contributed by atoms with Gasteiger partial charge in [0.1, 0.15) is 5.82 Å². The lowest BCUT2D eigenvalue weighted by Gasteiger charge is -2.33. The van der Waals surface area contributed by atoms with Crippen LogP contribution in [-0.4, -0.2) is 60.7 Å². The predicted molar refractivity (Wildman–Crippen MR) is 145 cm³/mol. The van der Waals surface area contributed by atoms with Gasteiger partial charge in [0.15, 0.2) is 29.3 Å². The Morgan fingerprint density at radius 3 is 2.85 bits per heavy atom.